The van der Waals surface area contributed by atoms with Gasteiger partial charge in [0.05, 0.1) is 12.2 Å². The van der Waals surface area contributed by atoms with E-state index in [4.69, 9.17) is 9.47 Å². The second-order valence-electron chi connectivity index (χ2n) is 7.55. The Morgan fingerprint density at radius 2 is 1.89 bits per heavy atom. The fourth-order valence-corrected chi connectivity index (χ4v) is 4.34. The molecule has 0 bridgehead atoms. The molecule has 0 N–H and O–H groups in total. The molecule has 2 aromatic rings. The summed E-state index contributed by atoms with van der Waals surface area (Å²) in [6, 6.07) is 17.3. The smallest absolute Gasteiger partial charge is 0.338 e. The fourth-order valence-electron chi connectivity index (χ4n) is 4.34. The van der Waals surface area contributed by atoms with Crippen LogP contribution < -0.4 is 0 Å². The first-order valence-corrected chi connectivity index (χ1v) is 9.99. The molecule has 0 saturated heterocycles. The third kappa shape index (κ3) is 3.82. The molecular weight excluding hydrogens is 352 g/mol. The number of aryl methyl sites for hydroxylation is 1. The number of hydrogen-bond acceptors (Lipinski definition) is 4. The number of esters is 2. The van der Waals surface area contributed by atoms with Crippen LogP contribution in [0.4, 0.5) is 0 Å². The van der Waals surface area contributed by atoms with E-state index in [-0.39, 0.29) is 17.9 Å². The number of carbonyl (C=O) groups excluding carboxylic acids is 2. The highest BCUT2D eigenvalue weighted by Crippen LogP contribution is 2.51. The molecule has 0 radical (unpaired) electrons. The summed E-state index contributed by atoms with van der Waals surface area (Å²) >= 11 is 0. The van der Waals surface area contributed by atoms with Crippen LogP contribution >= 0.6 is 0 Å². The molecule has 0 aromatic heterocycles. The predicted octanol–water partition coefficient (Wildman–Crippen LogP) is 5.06. The van der Waals surface area contributed by atoms with Gasteiger partial charge in [0.2, 0.25) is 0 Å². The van der Waals surface area contributed by atoms with Crippen LogP contribution in [-0.4, -0.2) is 24.6 Å². The van der Waals surface area contributed by atoms with Crippen molar-refractivity contribution in [2.75, 3.05) is 6.61 Å². The van der Waals surface area contributed by atoms with Gasteiger partial charge in [-0.05, 0) is 50.8 Å². The molecule has 4 heteroatoms. The van der Waals surface area contributed by atoms with Crippen LogP contribution in [0, 0.1) is 12.3 Å². The standard InChI is InChI=1S/C24H28O4/c1-4-27-23(26)24(18(3)19-11-6-5-7-12-19)15-9-14-21(24)28-22(25)20-13-8-10-17(2)16-20/h5-8,10-13,16,18,21H,4,9,14-15H2,1-3H3. The molecule has 4 nitrogen and oxygen atoms in total. The summed E-state index contributed by atoms with van der Waals surface area (Å²) in [5.41, 5.74) is 1.69. The summed E-state index contributed by atoms with van der Waals surface area (Å²) in [7, 11) is 0. The molecule has 0 amide bonds. The van der Waals surface area contributed by atoms with Crippen LogP contribution in [0.2, 0.25) is 0 Å². The highest BCUT2D eigenvalue weighted by atomic mass is 16.6. The third-order valence-corrected chi connectivity index (χ3v) is 5.86. The normalized spacial score (nSPS) is 22.5. The Bertz CT molecular complexity index is 830. The van der Waals surface area contributed by atoms with Crippen LogP contribution in [0.3, 0.4) is 0 Å². The highest BCUT2D eigenvalue weighted by molar-refractivity contribution is 5.90. The van der Waals surface area contributed by atoms with Gasteiger partial charge in [-0.2, -0.15) is 0 Å². The summed E-state index contributed by atoms with van der Waals surface area (Å²) < 4.78 is 11.4. The van der Waals surface area contributed by atoms with E-state index in [0.717, 1.165) is 17.5 Å². The maximum atomic E-state index is 13.2. The molecule has 3 rings (SSSR count). The van der Waals surface area contributed by atoms with E-state index in [1.54, 1.807) is 6.07 Å². The SMILES string of the molecule is CCOC(=O)C1(C(C)c2ccccc2)CCCC1OC(=O)c1cccc(C)c1. The quantitative estimate of drug-likeness (QED) is 0.658. The average molecular weight is 380 g/mol. The maximum Gasteiger partial charge on any atom is 0.338 e. The van der Waals surface area contributed by atoms with Gasteiger partial charge in [0.15, 0.2) is 0 Å². The van der Waals surface area contributed by atoms with Crippen LogP contribution in [0.5, 0.6) is 0 Å². The van der Waals surface area contributed by atoms with E-state index in [1.807, 2.05) is 69.3 Å². The largest absolute Gasteiger partial charge is 0.465 e. The second-order valence-corrected chi connectivity index (χ2v) is 7.55. The minimum Gasteiger partial charge on any atom is -0.465 e. The fraction of sp³-hybridized carbons (Fsp3) is 0.417. The molecule has 3 atom stereocenters. The van der Waals surface area contributed by atoms with E-state index >= 15 is 0 Å². The van der Waals surface area contributed by atoms with Gasteiger partial charge in [-0.1, -0.05) is 55.0 Å². The van der Waals surface area contributed by atoms with Crippen LogP contribution in [-0.2, 0) is 14.3 Å². The van der Waals surface area contributed by atoms with Gasteiger partial charge in [0.1, 0.15) is 11.5 Å². The van der Waals surface area contributed by atoms with Gasteiger partial charge in [0, 0.05) is 5.92 Å². The highest BCUT2D eigenvalue weighted by Gasteiger charge is 2.56. The Morgan fingerprint density at radius 3 is 2.57 bits per heavy atom. The van der Waals surface area contributed by atoms with Gasteiger partial charge < -0.3 is 9.47 Å². The van der Waals surface area contributed by atoms with Crippen LogP contribution in [0.1, 0.15) is 60.5 Å². The summed E-state index contributed by atoms with van der Waals surface area (Å²) in [5.74, 6) is -0.777. The van der Waals surface area contributed by atoms with Crippen LogP contribution in [0.15, 0.2) is 54.6 Å². The lowest BCUT2D eigenvalue weighted by atomic mass is 9.70. The van der Waals surface area contributed by atoms with Crippen molar-refractivity contribution in [3.8, 4) is 0 Å². The van der Waals surface area contributed by atoms with Crippen molar-refractivity contribution in [3.63, 3.8) is 0 Å². The van der Waals surface area contributed by atoms with Crippen molar-refractivity contribution in [1.82, 2.24) is 0 Å². The van der Waals surface area contributed by atoms with Crippen molar-refractivity contribution in [3.05, 3.63) is 71.3 Å². The molecule has 2 aromatic carbocycles. The second kappa shape index (κ2) is 8.59. The van der Waals surface area contributed by atoms with Crippen LogP contribution in [0.25, 0.3) is 0 Å². The zero-order chi connectivity index (χ0) is 20.1. The Labute approximate surface area is 166 Å². The van der Waals surface area contributed by atoms with E-state index in [2.05, 4.69) is 0 Å². The summed E-state index contributed by atoms with van der Waals surface area (Å²) in [4.78, 5) is 26.0. The van der Waals surface area contributed by atoms with Gasteiger partial charge in [-0.25, -0.2) is 4.79 Å². The molecule has 1 aliphatic rings. The Balaban J connectivity index is 1.93. The summed E-state index contributed by atoms with van der Waals surface area (Å²) in [6.07, 6.45) is 1.62. The van der Waals surface area contributed by atoms with Crippen molar-refractivity contribution in [1.29, 1.82) is 0 Å². The molecule has 0 spiro atoms. The molecule has 1 fully saturated rings. The Kier molecular flexibility index (Phi) is 6.18. The van der Waals surface area contributed by atoms with E-state index in [1.165, 1.54) is 0 Å². The lowest BCUT2D eigenvalue weighted by Crippen LogP contribution is -2.46. The number of hydrogen-bond donors (Lipinski definition) is 0. The minimum absolute atomic E-state index is 0.120. The predicted molar refractivity (Wildman–Crippen MR) is 108 cm³/mol. The Morgan fingerprint density at radius 1 is 1.14 bits per heavy atom. The number of rotatable bonds is 6. The Hall–Kier alpha value is -2.62. The molecular formula is C24H28O4. The molecule has 28 heavy (non-hydrogen) atoms. The number of ether oxygens (including phenoxy) is 2. The lowest BCUT2D eigenvalue weighted by molar-refractivity contribution is -0.163. The number of benzene rings is 2. The van der Waals surface area contributed by atoms with E-state index in [9.17, 15) is 9.59 Å². The monoisotopic (exact) mass is 380 g/mol. The van der Waals surface area contributed by atoms with Gasteiger partial charge >= 0.3 is 11.9 Å². The average Bonchev–Trinajstić information content (AvgIpc) is 3.12. The third-order valence-electron chi connectivity index (χ3n) is 5.86. The summed E-state index contributed by atoms with van der Waals surface area (Å²) in [6.45, 7) is 6.08. The zero-order valence-electron chi connectivity index (χ0n) is 16.8. The molecule has 1 aliphatic carbocycles. The molecule has 0 aliphatic heterocycles. The van der Waals surface area contributed by atoms with Gasteiger partial charge in [-0.15, -0.1) is 0 Å². The first-order valence-electron chi connectivity index (χ1n) is 9.99. The maximum absolute atomic E-state index is 13.2. The first kappa shape index (κ1) is 20.1. The minimum atomic E-state index is -0.864. The molecule has 0 heterocycles. The van der Waals surface area contributed by atoms with E-state index < -0.39 is 11.5 Å². The number of carbonyl (C=O) groups is 2. The van der Waals surface area contributed by atoms with Crippen molar-refractivity contribution < 1.29 is 19.1 Å². The molecule has 1 saturated carbocycles. The molecule has 3 unspecified atom stereocenters. The molecule has 148 valence electrons. The van der Waals surface area contributed by atoms with Crippen molar-refractivity contribution >= 4 is 11.9 Å². The first-order chi connectivity index (χ1) is 13.5. The van der Waals surface area contributed by atoms with E-state index in [0.29, 0.717) is 25.0 Å². The van der Waals surface area contributed by atoms with Crippen molar-refractivity contribution in [2.45, 2.75) is 52.1 Å². The topological polar surface area (TPSA) is 52.6 Å². The van der Waals surface area contributed by atoms with Gasteiger partial charge in [-0.3, -0.25) is 4.79 Å². The lowest BCUT2D eigenvalue weighted by Gasteiger charge is -2.38. The van der Waals surface area contributed by atoms with Crippen molar-refractivity contribution in [2.24, 2.45) is 5.41 Å². The van der Waals surface area contributed by atoms with Gasteiger partial charge in [0.25, 0.3) is 0 Å². The zero-order valence-corrected chi connectivity index (χ0v) is 16.8. The summed E-state index contributed by atoms with van der Waals surface area (Å²) in [5, 5.41) is 0.